The fourth-order valence-corrected chi connectivity index (χ4v) is 4.47. The monoisotopic (exact) mass is 339 g/mol. The predicted octanol–water partition coefficient (Wildman–Crippen LogP) is 4.47. The number of nitrogens with zero attached hydrogens (tertiary/aromatic N) is 1. The second-order valence-electron chi connectivity index (χ2n) is 4.82. The third-order valence-electron chi connectivity index (χ3n) is 3.39. The number of phosphoric ester groups is 1. The second kappa shape index (κ2) is 6.50. The largest absolute Gasteiger partial charge is 0.530 e. The van der Waals surface area contributed by atoms with Gasteiger partial charge in [-0.2, -0.15) is 0 Å². The normalized spacial score (nSPS) is 13.5. The number of benzene rings is 1. The zero-order chi connectivity index (χ0) is 15.6. The van der Waals surface area contributed by atoms with Gasteiger partial charge in [-0.1, -0.05) is 6.07 Å². The van der Waals surface area contributed by atoms with Crippen LogP contribution in [0, 0.1) is 0 Å². The van der Waals surface area contributed by atoms with E-state index in [1.54, 1.807) is 31.3 Å². The molecule has 1 aromatic heterocycles. The lowest BCUT2D eigenvalue weighted by molar-refractivity contribution is 0.167. The number of phosphoric acid groups is 1. The van der Waals surface area contributed by atoms with E-state index in [-0.39, 0.29) is 13.2 Å². The fraction of sp³-hybridized carbons (Fsp3) is 0.400. The molecule has 3 rings (SSSR count). The summed E-state index contributed by atoms with van der Waals surface area (Å²) in [6, 6.07) is 5.67. The Bertz CT molecular complexity index is 705. The summed E-state index contributed by atoms with van der Waals surface area (Å²) >= 11 is 1.67. The highest BCUT2D eigenvalue weighted by Gasteiger charge is 2.28. The Labute approximate surface area is 133 Å². The van der Waals surface area contributed by atoms with Crippen LogP contribution in [0.15, 0.2) is 23.7 Å². The molecule has 1 heterocycles. The summed E-state index contributed by atoms with van der Waals surface area (Å²) in [5, 5.41) is 0. The van der Waals surface area contributed by atoms with Crippen molar-refractivity contribution in [3.63, 3.8) is 0 Å². The Morgan fingerprint density at radius 1 is 1.23 bits per heavy atom. The lowest BCUT2D eigenvalue weighted by atomic mass is 9.93. The van der Waals surface area contributed by atoms with Crippen LogP contribution in [0.1, 0.15) is 24.3 Å². The van der Waals surface area contributed by atoms with Crippen LogP contribution < -0.4 is 4.52 Å². The van der Waals surface area contributed by atoms with E-state index in [9.17, 15) is 4.57 Å². The number of aryl methyl sites for hydroxylation is 2. The predicted molar refractivity (Wildman–Crippen MR) is 86.4 cm³/mol. The minimum Gasteiger partial charge on any atom is -0.404 e. The Morgan fingerprint density at radius 2 is 2.00 bits per heavy atom. The maximum atomic E-state index is 12.5. The molecule has 0 saturated heterocycles. The number of rotatable bonds is 6. The molecule has 0 spiro atoms. The van der Waals surface area contributed by atoms with Crippen molar-refractivity contribution in [1.82, 2.24) is 4.98 Å². The summed E-state index contributed by atoms with van der Waals surface area (Å²) in [5.74, 6) is 0.477. The summed E-state index contributed by atoms with van der Waals surface area (Å²) in [4.78, 5) is 5.72. The zero-order valence-corrected chi connectivity index (χ0v) is 14.3. The molecule has 1 aliphatic rings. The van der Waals surface area contributed by atoms with Gasteiger partial charge in [-0.3, -0.25) is 9.05 Å². The van der Waals surface area contributed by atoms with E-state index in [4.69, 9.17) is 13.6 Å². The summed E-state index contributed by atoms with van der Waals surface area (Å²) in [6.07, 6.45) is 2.00. The van der Waals surface area contributed by atoms with Crippen LogP contribution >= 0.6 is 19.2 Å². The molecule has 1 aliphatic carbocycles. The molecule has 0 unspecified atom stereocenters. The summed E-state index contributed by atoms with van der Waals surface area (Å²) < 4.78 is 28.3. The van der Waals surface area contributed by atoms with Crippen LogP contribution in [0.2, 0.25) is 0 Å². The first kappa shape index (κ1) is 15.7. The summed E-state index contributed by atoms with van der Waals surface area (Å²) in [7, 11) is -3.56. The molecular formula is C15H18NO4PS. The average molecular weight is 339 g/mol. The van der Waals surface area contributed by atoms with Crippen LogP contribution in [-0.2, 0) is 26.5 Å². The molecule has 118 valence electrons. The lowest BCUT2D eigenvalue weighted by Crippen LogP contribution is -2.05. The molecule has 0 bridgehead atoms. The van der Waals surface area contributed by atoms with E-state index in [2.05, 4.69) is 4.98 Å². The van der Waals surface area contributed by atoms with E-state index in [0.717, 1.165) is 24.1 Å². The molecule has 0 radical (unpaired) electrons. The van der Waals surface area contributed by atoms with Crippen LogP contribution in [-0.4, -0.2) is 18.2 Å². The smallest absolute Gasteiger partial charge is 0.404 e. The quantitative estimate of drug-likeness (QED) is 0.727. The van der Waals surface area contributed by atoms with Gasteiger partial charge in [0, 0.05) is 10.4 Å². The Hall–Kier alpha value is -1.20. The van der Waals surface area contributed by atoms with Gasteiger partial charge in [-0.05, 0) is 44.4 Å². The molecule has 0 N–H and O–H groups in total. The number of hydrogen-bond donors (Lipinski definition) is 0. The Kier molecular flexibility index (Phi) is 4.64. The molecule has 0 aliphatic heterocycles. The molecular weight excluding hydrogens is 321 g/mol. The van der Waals surface area contributed by atoms with Crippen LogP contribution in [0.4, 0.5) is 0 Å². The lowest BCUT2D eigenvalue weighted by Gasteiger charge is -2.19. The van der Waals surface area contributed by atoms with Crippen molar-refractivity contribution in [2.45, 2.75) is 26.7 Å². The minimum absolute atomic E-state index is 0.262. The van der Waals surface area contributed by atoms with Crippen molar-refractivity contribution in [3.8, 4) is 17.0 Å². The third kappa shape index (κ3) is 3.10. The van der Waals surface area contributed by atoms with Crippen molar-refractivity contribution in [2.75, 3.05) is 13.2 Å². The molecule has 0 fully saturated rings. The van der Waals surface area contributed by atoms with Crippen LogP contribution in [0.3, 0.4) is 0 Å². The molecule has 1 aromatic carbocycles. The molecule has 5 nitrogen and oxygen atoms in total. The first-order valence-corrected chi connectivity index (χ1v) is 9.63. The van der Waals surface area contributed by atoms with Crippen molar-refractivity contribution in [1.29, 1.82) is 0 Å². The van der Waals surface area contributed by atoms with E-state index >= 15 is 0 Å². The molecule has 0 saturated carbocycles. The van der Waals surface area contributed by atoms with Gasteiger partial charge >= 0.3 is 7.82 Å². The molecule has 0 atom stereocenters. The van der Waals surface area contributed by atoms with Gasteiger partial charge < -0.3 is 4.52 Å². The Morgan fingerprint density at radius 3 is 2.73 bits per heavy atom. The topological polar surface area (TPSA) is 57.7 Å². The summed E-state index contributed by atoms with van der Waals surface area (Å²) in [5.41, 5.74) is 5.13. The van der Waals surface area contributed by atoms with Gasteiger partial charge in [0.15, 0.2) is 0 Å². The first-order valence-electron chi connectivity index (χ1n) is 7.29. The SMILES string of the molecule is CCOP(=O)(OCC)Oc1ccc2c(c1)-c1ncsc1CC2. The third-order valence-corrected chi connectivity index (χ3v) is 5.87. The van der Waals surface area contributed by atoms with E-state index < -0.39 is 7.82 Å². The maximum Gasteiger partial charge on any atom is 0.530 e. The second-order valence-corrected chi connectivity index (χ2v) is 7.35. The van der Waals surface area contributed by atoms with Crippen molar-refractivity contribution >= 4 is 19.2 Å². The van der Waals surface area contributed by atoms with E-state index in [1.807, 2.05) is 17.6 Å². The Balaban J connectivity index is 1.91. The number of thiazole rings is 1. The highest BCUT2D eigenvalue weighted by molar-refractivity contribution is 7.48. The summed E-state index contributed by atoms with van der Waals surface area (Å²) in [6.45, 7) is 4.03. The van der Waals surface area contributed by atoms with Crippen molar-refractivity contribution in [3.05, 3.63) is 34.2 Å². The van der Waals surface area contributed by atoms with Gasteiger partial charge in [0.2, 0.25) is 0 Å². The van der Waals surface area contributed by atoms with E-state index in [0.29, 0.717) is 5.75 Å². The highest BCUT2D eigenvalue weighted by atomic mass is 32.1. The van der Waals surface area contributed by atoms with Crippen molar-refractivity contribution < 1.29 is 18.1 Å². The van der Waals surface area contributed by atoms with Gasteiger partial charge in [-0.15, -0.1) is 11.3 Å². The van der Waals surface area contributed by atoms with Gasteiger partial charge in [0.25, 0.3) is 0 Å². The molecule has 0 amide bonds. The fourth-order valence-electron chi connectivity index (χ4n) is 2.50. The highest BCUT2D eigenvalue weighted by Crippen LogP contribution is 2.50. The standard InChI is InChI=1S/C15H18NO4PS/c1-3-18-21(17,19-4-2)20-12-7-5-11-6-8-14-15(13(11)9-12)16-10-22-14/h5,7,9-10H,3-4,6,8H2,1-2H3. The molecule has 22 heavy (non-hydrogen) atoms. The number of fused-ring (bicyclic) bond motifs is 3. The van der Waals surface area contributed by atoms with Gasteiger partial charge in [0.1, 0.15) is 5.75 Å². The van der Waals surface area contributed by atoms with Crippen molar-refractivity contribution in [2.24, 2.45) is 0 Å². The van der Waals surface area contributed by atoms with Gasteiger partial charge in [0.05, 0.1) is 24.4 Å². The first-order chi connectivity index (χ1) is 10.6. The molecule has 2 aromatic rings. The number of hydrogen-bond acceptors (Lipinski definition) is 6. The average Bonchev–Trinajstić information content (AvgIpc) is 2.96. The molecule has 7 heteroatoms. The van der Waals surface area contributed by atoms with Crippen LogP contribution in [0.25, 0.3) is 11.3 Å². The zero-order valence-electron chi connectivity index (χ0n) is 12.6. The van der Waals surface area contributed by atoms with E-state index in [1.165, 1.54) is 10.4 Å². The maximum absolute atomic E-state index is 12.5. The van der Waals surface area contributed by atoms with Crippen LogP contribution in [0.5, 0.6) is 5.75 Å². The number of aromatic nitrogens is 1. The van der Waals surface area contributed by atoms with Gasteiger partial charge in [-0.25, -0.2) is 9.55 Å². The minimum atomic E-state index is -3.56.